The summed E-state index contributed by atoms with van der Waals surface area (Å²) in [6.07, 6.45) is -0.625. The van der Waals surface area contributed by atoms with Gasteiger partial charge in [-0.15, -0.1) is 0 Å². The van der Waals surface area contributed by atoms with Crippen molar-refractivity contribution in [1.82, 2.24) is 14.6 Å². The number of aliphatic hydroxyl groups excluding tert-OH is 1. The molecule has 0 bridgehead atoms. The minimum atomic E-state index is -0.625. The zero-order valence-corrected chi connectivity index (χ0v) is 14.4. The highest BCUT2D eigenvalue weighted by atomic mass is 35.5. The van der Waals surface area contributed by atoms with Crippen molar-refractivity contribution >= 4 is 34.0 Å². The largest absolute Gasteiger partial charge is 0.387 e. The van der Waals surface area contributed by atoms with Crippen LogP contribution in [0.1, 0.15) is 17.4 Å². The highest BCUT2D eigenvalue weighted by molar-refractivity contribution is 6.34. The highest BCUT2D eigenvalue weighted by Gasteiger charge is 2.15. The van der Waals surface area contributed by atoms with Crippen LogP contribution < -0.4 is 5.32 Å². The first-order valence-corrected chi connectivity index (χ1v) is 8.43. The summed E-state index contributed by atoms with van der Waals surface area (Å²) >= 11 is 6.35. The van der Waals surface area contributed by atoms with E-state index >= 15 is 0 Å². The van der Waals surface area contributed by atoms with Crippen LogP contribution in [-0.2, 0) is 0 Å². The number of halogens is 1. The van der Waals surface area contributed by atoms with E-state index in [0.29, 0.717) is 23.0 Å². The number of benzene rings is 2. The maximum Gasteiger partial charge on any atom is 0.176 e. The molecule has 2 aromatic heterocycles. The molecule has 25 heavy (non-hydrogen) atoms. The number of hydrogen-bond donors (Lipinski definition) is 2. The number of fused-ring (bicyclic) bond motifs is 3. The lowest BCUT2D eigenvalue weighted by atomic mass is 10.1. The van der Waals surface area contributed by atoms with Crippen LogP contribution in [0, 0.1) is 6.92 Å². The average molecular weight is 353 g/mol. The second kappa shape index (κ2) is 6.35. The van der Waals surface area contributed by atoms with Gasteiger partial charge in [-0.1, -0.05) is 54.1 Å². The molecule has 0 saturated carbocycles. The lowest BCUT2D eigenvalue weighted by Gasteiger charge is -2.14. The number of aryl methyl sites for hydroxylation is 1. The third kappa shape index (κ3) is 2.81. The number of anilines is 1. The lowest BCUT2D eigenvalue weighted by Crippen LogP contribution is -2.13. The summed E-state index contributed by atoms with van der Waals surface area (Å²) in [5.41, 5.74) is 3.12. The van der Waals surface area contributed by atoms with Crippen molar-refractivity contribution in [3.05, 3.63) is 70.9 Å². The minimum Gasteiger partial charge on any atom is -0.387 e. The van der Waals surface area contributed by atoms with Gasteiger partial charge >= 0.3 is 0 Å². The van der Waals surface area contributed by atoms with Crippen molar-refractivity contribution in [2.45, 2.75) is 13.0 Å². The van der Waals surface area contributed by atoms with Crippen LogP contribution in [-0.4, -0.2) is 26.2 Å². The molecule has 4 rings (SSSR count). The maximum absolute atomic E-state index is 10.4. The Morgan fingerprint density at radius 1 is 1.12 bits per heavy atom. The van der Waals surface area contributed by atoms with Crippen LogP contribution in [0.4, 0.5) is 5.82 Å². The molecule has 0 aliphatic carbocycles. The Labute approximate surface area is 149 Å². The van der Waals surface area contributed by atoms with Gasteiger partial charge in [-0.05, 0) is 24.6 Å². The molecular weight excluding hydrogens is 336 g/mol. The van der Waals surface area contributed by atoms with E-state index in [-0.39, 0.29) is 0 Å². The minimum absolute atomic E-state index is 0.349. The fraction of sp³-hybridized carbons (Fsp3) is 0.158. The van der Waals surface area contributed by atoms with Crippen LogP contribution in [0.3, 0.4) is 0 Å². The summed E-state index contributed by atoms with van der Waals surface area (Å²) in [5, 5.41) is 19.6. The van der Waals surface area contributed by atoms with E-state index in [4.69, 9.17) is 11.6 Å². The lowest BCUT2D eigenvalue weighted by molar-refractivity contribution is 0.191. The van der Waals surface area contributed by atoms with Gasteiger partial charge in [0.1, 0.15) is 10.8 Å². The van der Waals surface area contributed by atoms with E-state index < -0.39 is 6.10 Å². The molecule has 2 aromatic carbocycles. The Balaban J connectivity index is 1.74. The standard InChI is InChI=1S/C19H17ClN4O/c1-12-17(20)19-22-18(14-9-5-6-10-15(14)24(19)23-12)21-11-16(25)13-7-3-2-4-8-13/h2-10,16,25H,11H2,1H3,(H,21,22). The zero-order chi connectivity index (χ0) is 17.4. The second-order valence-electron chi connectivity index (χ2n) is 5.92. The Morgan fingerprint density at radius 3 is 2.64 bits per heavy atom. The SMILES string of the molecule is Cc1nn2c(nc(NCC(O)c3ccccc3)c3ccccc32)c1Cl. The molecule has 2 N–H and O–H groups in total. The molecule has 0 amide bonds. The molecule has 0 fully saturated rings. The molecule has 1 atom stereocenters. The van der Waals surface area contributed by atoms with Crippen LogP contribution >= 0.6 is 11.6 Å². The summed E-state index contributed by atoms with van der Waals surface area (Å²) in [4.78, 5) is 4.64. The van der Waals surface area contributed by atoms with Crippen molar-refractivity contribution in [3.8, 4) is 0 Å². The number of nitrogens with zero attached hydrogens (tertiary/aromatic N) is 3. The second-order valence-corrected chi connectivity index (χ2v) is 6.30. The fourth-order valence-corrected chi connectivity index (χ4v) is 3.07. The first-order chi connectivity index (χ1) is 12.1. The van der Waals surface area contributed by atoms with Gasteiger partial charge in [0, 0.05) is 11.9 Å². The monoisotopic (exact) mass is 352 g/mol. The van der Waals surface area contributed by atoms with Crippen LogP contribution in [0.2, 0.25) is 5.02 Å². The van der Waals surface area contributed by atoms with E-state index in [2.05, 4.69) is 15.4 Å². The molecule has 0 radical (unpaired) electrons. The normalized spacial score (nSPS) is 12.6. The van der Waals surface area contributed by atoms with E-state index in [0.717, 1.165) is 22.2 Å². The quantitative estimate of drug-likeness (QED) is 0.583. The molecule has 1 unspecified atom stereocenters. The summed E-state index contributed by atoms with van der Waals surface area (Å²) in [5.74, 6) is 0.680. The summed E-state index contributed by atoms with van der Waals surface area (Å²) < 4.78 is 1.76. The van der Waals surface area contributed by atoms with Crippen molar-refractivity contribution in [1.29, 1.82) is 0 Å². The Morgan fingerprint density at radius 2 is 1.84 bits per heavy atom. The maximum atomic E-state index is 10.4. The molecule has 0 aliphatic rings. The van der Waals surface area contributed by atoms with E-state index in [1.165, 1.54) is 0 Å². The summed E-state index contributed by atoms with van der Waals surface area (Å²) in [6.45, 7) is 2.21. The van der Waals surface area contributed by atoms with Crippen molar-refractivity contribution < 1.29 is 5.11 Å². The van der Waals surface area contributed by atoms with Gasteiger partial charge in [-0.2, -0.15) is 5.10 Å². The third-order valence-electron chi connectivity index (χ3n) is 4.22. The van der Waals surface area contributed by atoms with E-state index in [1.54, 1.807) is 4.52 Å². The van der Waals surface area contributed by atoms with Crippen LogP contribution in [0.5, 0.6) is 0 Å². The number of aliphatic hydroxyl groups is 1. The van der Waals surface area contributed by atoms with Gasteiger partial charge in [0.25, 0.3) is 0 Å². The number of rotatable bonds is 4. The summed E-state index contributed by atoms with van der Waals surface area (Å²) in [6, 6.07) is 17.4. The molecule has 0 saturated heterocycles. The van der Waals surface area contributed by atoms with E-state index in [9.17, 15) is 5.11 Å². The molecule has 4 aromatic rings. The molecule has 0 aliphatic heterocycles. The van der Waals surface area contributed by atoms with Crippen molar-refractivity contribution in [2.75, 3.05) is 11.9 Å². The van der Waals surface area contributed by atoms with Gasteiger partial charge in [-0.3, -0.25) is 0 Å². The van der Waals surface area contributed by atoms with Gasteiger partial charge < -0.3 is 10.4 Å². The van der Waals surface area contributed by atoms with Crippen LogP contribution in [0.25, 0.3) is 16.6 Å². The molecule has 126 valence electrons. The molecule has 6 heteroatoms. The fourth-order valence-electron chi connectivity index (χ4n) is 2.91. The summed E-state index contributed by atoms with van der Waals surface area (Å²) in [7, 11) is 0. The predicted molar refractivity (Wildman–Crippen MR) is 100 cm³/mol. The molecule has 2 heterocycles. The van der Waals surface area contributed by atoms with Gasteiger partial charge in [0.2, 0.25) is 0 Å². The topological polar surface area (TPSA) is 62.5 Å². The number of para-hydroxylation sites is 1. The number of hydrogen-bond acceptors (Lipinski definition) is 4. The highest BCUT2D eigenvalue weighted by Crippen LogP contribution is 2.28. The third-order valence-corrected chi connectivity index (χ3v) is 4.66. The molecule has 0 spiro atoms. The van der Waals surface area contributed by atoms with Crippen LogP contribution in [0.15, 0.2) is 54.6 Å². The Kier molecular flexibility index (Phi) is 4.03. The van der Waals surface area contributed by atoms with Crippen molar-refractivity contribution in [3.63, 3.8) is 0 Å². The van der Waals surface area contributed by atoms with Gasteiger partial charge in [0.05, 0.1) is 17.3 Å². The smallest absolute Gasteiger partial charge is 0.176 e. The average Bonchev–Trinajstić information content (AvgIpc) is 2.95. The van der Waals surface area contributed by atoms with Gasteiger partial charge in [0.15, 0.2) is 5.65 Å². The first kappa shape index (κ1) is 15.9. The number of aromatic nitrogens is 3. The Hall–Kier alpha value is -2.63. The van der Waals surface area contributed by atoms with E-state index in [1.807, 2.05) is 61.5 Å². The Bertz CT molecular complexity index is 1050. The first-order valence-electron chi connectivity index (χ1n) is 8.05. The van der Waals surface area contributed by atoms with Crippen molar-refractivity contribution in [2.24, 2.45) is 0 Å². The van der Waals surface area contributed by atoms with Gasteiger partial charge in [-0.25, -0.2) is 9.50 Å². The number of nitrogens with one attached hydrogen (secondary N) is 1. The predicted octanol–water partition coefficient (Wildman–Crippen LogP) is 3.99. The zero-order valence-electron chi connectivity index (χ0n) is 13.6. The molecular formula is C19H17ClN4O. The molecule has 5 nitrogen and oxygen atoms in total.